The van der Waals surface area contributed by atoms with Crippen LogP contribution in [-0.4, -0.2) is 18.2 Å². The van der Waals surface area contributed by atoms with Crippen LogP contribution in [0.15, 0.2) is 24.3 Å². The lowest BCUT2D eigenvalue weighted by Crippen LogP contribution is -2.30. The van der Waals surface area contributed by atoms with Gasteiger partial charge in [0.05, 0.1) is 6.10 Å². The molecule has 2 heteroatoms. The second kappa shape index (κ2) is 6.91. The lowest BCUT2D eigenvalue weighted by molar-refractivity contribution is 0.0889. The van der Waals surface area contributed by atoms with E-state index < -0.39 is 0 Å². The van der Waals surface area contributed by atoms with Gasteiger partial charge in [0, 0.05) is 0 Å². The number of piperidine rings is 1. The summed E-state index contributed by atoms with van der Waals surface area (Å²) in [5.41, 5.74) is 2.47. The minimum atomic E-state index is -0.285. The van der Waals surface area contributed by atoms with E-state index in [1.54, 1.807) is 0 Å². The Bertz CT molecular complexity index is 341. The Hall–Kier alpha value is -0.860. The molecule has 0 saturated carbocycles. The number of aryl methyl sites for hydroxylation is 1. The zero-order chi connectivity index (χ0) is 12.8. The fraction of sp³-hybridized carbons (Fsp3) is 0.625. The van der Waals surface area contributed by atoms with Gasteiger partial charge in [0.25, 0.3) is 0 Å². The summed E-state index contributed by atoms with van der Waals surface area (Å²) in [5, 5.41) is 13.7. The van der Waals surface area contributed by atoms with Gasteiger partial charge in [-0.2, -0.15) is 0 Å². The van der Waals surface area contributed by atoms with Crippen molar-refractivity contribution in [3.8, 4) is 0 Å². The third kappa shape index (κ3) is 3.56. The molecule has 2 N–H and O–H groups in total. The molecule has 0 amide bonds. The van der Waals surface area contributed by atoms with Crippen molar-refractivity contribution >= 4 is 0 Å². The van der Waals surface area contributed by atoms with Crippen molar-refractivity contribution in [3.05, 3.63) is 35.4 Å². The van der Waals surface area contributed by atoms with Crippen molar-refractivity contribution < 1.29 is 5.11 Å². The summed E-state index contributed by atoms with van der Waals surface area (Å²) in [6, 6.07) is 8.57. The highest BCUT2D eigenvalue weighted by atomic mass is 16.3. The highest BCUT2D eigenvalue weighted by Gasteiger charge is 2.22. The minimum absolute atomic E-state index is 0.285. The quantitative estimate of drug-likeness (QED) is 0.838. The van der Waals surface area contributed by atoms with Gasteiger partial charge in [-0.3, -0.25) is 0 Å². The zero-order valence-electron chi connectivity index (χ0n) is 11.4. The number of benzene rings is 1. The molecule has 1 atom stereocenters. The van der Waals surface area contributed by atoms with Crippen LogP contribution < -0.4 is 5.32 Å². The Labute approximate surface area is 110 Å². The molecule has 18 heavy (non-hydrogen) atoms. The molecule has 1 unspecified atom stereocenters. The summed E-state index contributed by atoms with van der Waals surface area (Å²) in [5.74, 6) is 0.424. The van der Waals surface area contributed by atoms with E-state index >= 15 is 0 Å². The molecule has 1 aliphatic rings. The Kier molecular flexibility index (Phi) is 5.21. The van der Waals surface area contributed by atoms with Crippen molar-refractivity contribution in [3.63, 3.8) is 0 Å². The van der Waals surface area contributed by atoms with Crippen LogP contribution in [0, 0.1) is 5.92 Å². The molecule has 1 aromatic carbocycles. The summed E-state index contributed by atoms with van der Waals surface area (Å²) in [4.78, 5) is 0. The average Bonchev–Trinajstić information content (AvgIpc) is 2.46. The van der Waals surface area contributed by atoms with Gasteiger partial charge in [0.1, 0.15) is 0 Å². The van der Waals surface area contributed by atoms with E-state index in [0.29, 0.717) is 5.92 Å². The standard InChI is InChI=1S/C16H25NO/c1-2-3-4-13-5-7-14(8-6-13)16(18)15-9-11-17-12-10-15/h5-8,15-18H,2-4,9-12H2,1H3. The van der Waals surface area contributed by atoms with Gasteiger partial charge in [0.15, 0.2) is 0 Å². The fourth-order valence-corrected chi connectivity index (χ4v) is 2.69. The van der Waals surface area contributed by atoms with Crippen LogP contribution in [0.3, 0.4) is 0 Å². The third-order valence-electron chi connectivity index (χ3n) is 3.97. The van der Waals surface area contributed by atoms with Gasteiger partial charge < -0.3 is 10.4 Å². The van der Waals surface area contributed by atoms with Crippen LogP contribution in [0.4, 0.5) is 0 Å². The summed E-state index contributed by atoms with van der Waals surface area (Å²) >= 11 is 0. The summed E-state index contributed by atoms with van der Waals surface area (Å²) < 4.78 is 0. The summed E-state index contributed by atoms with van der Waals surface area (Å²) in [7, 11) is 0. The molecule has 0 bridgehead atoms. The Balaban J connectivity index is 1.95. The maximum Gasteiger partial charge on any atom is 0.0819 e. The second-order valence-corrected chi connectivity index (χ2v) is 5.38. The Morgan fingerprint density at radius 1 is 1.22 bits per heavy atom. The van der Waals surface area contributed by atoms with Crippen molar-refractivity contribution in [1.29, 1.82) is 0 Å². The first-order valence-electron chi connectivity index (χ1n) is 7.29. The van der Waals surface area contributed by atoms with Gasteiger partial charge in [-0.25, -0.2) is 0 Å². The number of unbranched alkanes of at least 4 members (excludes halogenated alkanes) is 1. The van der Waals surface area contributed by atoms with Crippen LogP contribution in [-0.2, 0) is 6.42 Å². The first kappa shape index (κ1) is 13.6. The molecule has 1 aliphatic heterocycles. The molecule has 2 nitrogen and oxygen atoms in total. The van der Waals surface area contributed by atoms with E-state index in [-0.39, 0.29) is 6.10 Å². The van der Waals surface area contributed by atoms with E-state index in [9.17, 15) is 5.11 Å². The predicted molar refractivity (Wildman–Crippen MR) is 75.6 cm³/mol. The van der Waals surface area contributed by atoms with Crippen molar-refractivity contribution in [2.45, 2.75) is 45.1 Å². The molecule has 0 aromatic heterocycles. The Morgan fingerprint density at radius 3 is 2.50 bits per heavy atom. The number of hydrogen-bond donors (Lipinski definition) is 2. The normalized spacial score (nSPS) is 18.8. The SMILES string of the molecule is CCCCc1ccc(C(O)C2CCNCC2)cc1. The maximum absolute atomic E-state index is 10.4. The molecule has 1 aromatic rings. The zero-order valence-corrected chi connectivity index (χ0v) is 11.4. The van der Waals surface area contributed by atoms with Gasteiger partial charge in [0.2, 0.25) is 0 Å². The lowest BCUT2D eigenvalue weighted by Gasteiger charge is -2.27. The van der Waals surface area contributed by atoms with Gasteiger partial charge >= 0.3 is 0 Å². The van der Waals surface area contributed by atoms with Crippen molar-refractivity contribution in [2.75, 3.05) is 13.1 Å². The third-order valence-corrected chi connectivity index (χ3v) is 3.97. The first-order valence-corrected chi connectivity index (χ1v) is 7.29. The molecule has 2 rings (SSSR count). The lowest BCUT2D eigenvalue weighted by atomic mass is 9.88. The Morgan fingerprint density at radius 2 is 1.89 bits per heavy atom. The molecule has 1 fully saturated rings. The summed E-state index contributed by atoms with van der Waals surface area (Å²) in [6.45, 7) is 4.29. The summed E-state index contributed by atoms with van der Waals surface area (Å²) in [6.07, 6.45) is 5.51. The van der Waals surface area contributed by atoms with E-state index in [1.165, 1.54) is 18.4 Å². The van der Waals surface area contributed by atoms with Crippen LogP contribution >= 0.6 is 0 Å². The van der Waals surface area contributed by atoms with E-state index in [2.05, 4.69) is 36.5 Å². The highest BCUT2D eigenvalue weighted by molar-refractivity contribution is 5.24. The average molecular weight is 247 g/mol. The molecule has 1 saturated heterocycles. The van der Waals surface area contributed by atoms with Gasteiger partial charge in [-0.05, 0) is 55.8 Å². The molecule has 0 spiro atoms. The second-order valence-electron chi connectivity index (χ2n) is 5.38. The van der Waals surface area contributed by atoms with Crippen molar-refractivity contribution in [2.24, 2.45) is 5.92 Å². The predicted octanol–water partition coefficient (Wildman–Crippen LogP) is 3.06. The van der Waals surface area contributed by atoms with Crippen LogP contribution in [0.25, 0.3) is 0 Å². The van der Waals surface area contributed by atoms with Gasteiger partial charge in [-0.1, -0.05) is 37.6 Å². The molecule has 1 heterocycles. The smallest absolute Gasteiger partial charge is 0.0819 e. The first-order chi connectivity index (χ1) is 8.81. The van der Waals surface area contributed by atoms with Crippen molar-refractivity contribution in [1.82, 2.24) is 5.32 Å². The monoisotopic (exact) mass is 247 g/mol. The van der Waals surface area contributed by atoms with E-state index in [4.69, 9.17) is 0 Å². The number of aliphatic hydroxyl groups excluding tert-OH is 1. The molecular weight excluding hydrogens is 222 g/mol. The van der Waals surface area contributed by atoms with Gasteiger partial charge in [-0.15, -0.1) is 0 Å². The minimum Gasteiger partial charge on any atom is -0.388 e. The van der Waals surface area contributed by atoms with Crippen LogP contribution in [0.1, 0.15) is 49.8 Å². The number of hydrogen-bond acceptors (Lipinski definition) is 2. The number of nitrogens with one attached hydrogen (secondary N) is 1. The van der Waals surface area contributed by atoms with E-state index in [0.717, 1.165) is 37.9 Å². The molecule has 0 aliphatic carbocycles. The van der Waals surface area contributed by atoms with Crippen LogP contribution in [0.2, 0.25) is 0 Å². The molecular formula is C16H25NO. The molecule has 100 valence electrons. The number of rotatable bonds is 5. The fourth-order valence-electron chi connectivity index (χ4n) is 2.69. The van der Waals surface area contributed by atoms with E-state index in [1.807, 2.05) is 0 Å². The highest BCUT2D eigenvalue weighted by Crippen LogP contribution is 2.28. The molecule has 0 radical (unpaired) electrons. The van der Waals surface area contributed by atoms with Crippen LogP contribution in [0.5, 0.6) is 0 Å². The topological polar surface area (TPSA) is 32.3 Å². The maximum atomic E-state index is 10.4. The number of aliphatic hydroxyl groups is 1. The largest absolute Gasteiger partial charge is 0.388 e.